The van der Waals surface area contributed by atoms with Crippen LogP contribution in [0.1, 0.15) is 49.0 Å². The van der Waals surface area contributed by atoms with Crippen LogP contribution in [0, 0.1) is 0 Å². The lowest BCUT2D eigenvalue weighted by Crippen LogP contribution is -2.24. The first-order valence-electron chi connectivity index (χ1n) is 12.6. The van der Waals surface area contributed by atoms with Crippen molar-refractivity contribution >= 4 is 32.3 Å². The SMILES string of the molecule is CCN(CC)CCCCC(=O)c1ccc2c(c1)sc1nc(-c3ccc(CNCCOC)cc3)cn12. The van der Waals surface area contributed by atoms with Crippen molar-refractivity contribution in [3.8, 4) is 11.3 Å². The highest BCUT2D eigenvalue weighted by molar-refractivity contribution is 7.23. The second kappa shape index (κ2) is 12.4. The smallest absolute Gasteiger partial charge is 0.195 e. The highest BCUT2D eigenvalue weighted by Crippen LogP contribution is 2.30. The molecular formula is C28H36N4O2S. The van der Waals surface area contributed by atoms with E-state index in [-0.39, 0.29) is 5.78 Å². The number of rotatable bonds is 14. The fourth-order valence-corrected chi connectivity index (χ4v) is 5.37. The van der Waals surface area contributed by atoms with Crippen molar-refractivity contribution < 1.29 is 9.53 Å². The van der Waals surface area contributed by atoms with Crippen LogP contribution in [0.25, 0.3) is 26.4 Å². The number of thiazole rings is 1. The minimum atomic E-state index is 0.231. The molecule has 4 aromatic rings. The molecule has 0 spiro atoms. The Bertz CT molecular complexity index is 1240. The first kappa shape index (κ1) is 25.5. The lowest BCUT2D eigenvalue weighted by Gasteiger charge is -2.17. The fraction of sp³-hybridized carbons (Fsp3) is 0.429. The Morgan fingerprint density at radius 3 is 2.66 bits per heavy atom. The molecule has 0 fully saturated rings. The summed E-state index contributed by atoms with van der Waals surface area (Å²) < 4.78 is 8.31. The van der Waals surface area contributed by atoms with Crippen LogP contribution in [0.15, 0.2) is 48.7 Å². The summed E-state index contributed by atoms with van der Waals surface area (Å²) in [6.07, 6.45) is 4.70. The fourth-order valence-electron chi connectivity index (χ4n) is 4.32. The van der Waals surface area contributed by atoms with Crippen molar-refractivity contribution in [1.82, 2.24) is 19.6 Å². The van der Waals surface area contributed by atoms with Crippen LogP contribution in [0.5, 0.6) is 0 Å². The lowest BCUT2D eigenvalue weighted by atomic mass is 10.1. The highest BCUT2D eigenvalue weighted by atomic mass is 32.1. The van der Waals surface area contributed by atoms with Crippen molar-refractivity contribution in [3.63, 3.8) is 0 Å². The lowest BCUT2D eigenvalue weighted by molar-refractivity contribution is 0.0978. The van der Waals surface area contributed by atoms with E-state index in [4.69, 9.17) is 9.72 Å². The van der Waals surface area contributed by atoms with E-state index in [0.717, 1.165) is 77.6 Å². The summed E-state index contributed by atoms with van der Waals surface area (Å²) in [6, 6.07) is 14.6. The molecule has 2 heterocycles. The van der Waals surface area contributed by atoms with Gasteiger partial charge < -0.3 is 15.0 Å². The van der Waals surface area contributed by atoms with Crippen molar-refractivity contribution in [2.45, 2.75) is 39.7 Å². The van der Waals surface area contributed by atoms with E-state index in [9.17, 15) is 4.79 Å². The second-order valence-corrected chi connectivity index (χ2v) is 9.85. The van der Waals surface area contributed by atoms with Gasteiger partial charge in [-0.15, -0.1) is 0 Å². The summed E-state index contributed by atoms with van der Waals surface area (Å²) in [5.41, 5.74) is 5.21. The van der Waals surface area contributed by atoms with E-state index < -0.39 is 0 Å². The Hall–Kier alpha value is -2.58. The number of Topliss-reactive ketones (excluding diaryl/α,β-unsaturated/α-hetero) is 1. The summed E-state index contributed by atoms with van der Waals surface area (Å²) in [5, 5.41) is 3.37. The Morgan fingerprint density at radius 1 is 1.11 bits per heavy atom. The van der Waals surface area contributed by atoms with Crippen LogP contribution < -0.4 is 5.32 Å². The Morgan fingerprint density at radius 2 is 1.91 bits per heavy atom. The van der Waals surface area contributed by atoms with Gasteiger partial charge in [0, 0.05) is 43.9 Å². The quantitative estimate of drug-likeness (QED) is 0.182. The zero-order valence-electron chi connectivity index (χ0n) is 21.0. The highest BCUT2D eigenvalue weighted by Gasteiger charge is 2.13. The second-order valence-electron chi connectivity index (χ2n) is 8.84. The molecule has 0 saturated heterocycles. The minimum Gasteiger partial charge on any atom is -0.383 e. The first-order chi connectivity index (χ1) is 17.1. The molecule has 0 aliphatic carbocycles. The summed E-state index contributed by atoms with van der Waals surface area (Å²) in [4.78, 5) is 21.0. The number of carbonyl (C=O) groups is 1. The predicted octanol–water partition coefficient (Wildman–Crippen LogP) is 5.65. The predicted molar refractivity (Wildman–Crippen MR) is 146 cm³/mol. The summed E-state index contributed by atoms with van der Waals surface area (Å²) in [7, 11) is 1.71. The summed E-state index contributed by atoms with van der Waals surface area (Å²) >= 11 is 1.64. The number of fused-ring (bicyclic) bond motifs is 3. The molecule has 0 saturated carbocycles. The van der Waals surface area contributed by atoms with Gasteiger partial charge in [-0.3, -0.25) is 9.20 Å². The number of hydrogen-bond acceptors (Lipinski definition) is 6. The van der Waals surface area contributed by atoms with Crippen LogP contribution in [0.4, 0.5) is 0 Å². The zero-order chi connectivity index (χ0) is 24.6. The molecule has 0 aliphatic heterocycles. The molecule has 6 nitrogen and oxygen atoms in total. The molecule has 2 aromatic carbocycles. The van der Waals surface area contributed by atoms with E-state index in [1.807, 2.05) is 12.1 Å². The van der Waals surface area contributed by atoms with E-state index in [1.54, 1.807) is 18.4 Å². The van der Waals surface area contributed by atoms with E-state index in [1.165, 1.54) is 5.56 Å². The van der Waals surface area contributed by atoms with Crippen molar-refractivity contribution in [2.24, 2.45) is 0 Å². The van der Waals surface area contributed by atoms with Gasteiger partial charge >= 0.3 is 0 Å². The monoisotopic (exact) mass is 492 g/mol. The van der Waals surface area contributed by atoms with Gasteiger partial charge in [0.05, 0.1) is 22.5 Å². The van der Waals surface area contributed by atoms with Gasteiger partial charge in [-0.05, 0) is 56.2 Å². The van der Waals surface area contributed by atoms with Crippen LogP contribution in [-0.2, 0) is 11.3 Å². The number of nitrogens with zero attached hydrogens (tertiary/aromatic N) is 3. The number of benzene rings is 2. The van der Waals surface area contributed by atoms with E-state index in [2.05, 4.69) is 65.0 Å². The number of ketones is 1. The maximum atomic E-state index is 12.7. The average Bonchev–Trinajstić information content (AvgIpc) is 3.45. The van der Waals surface area contributed by atoms with Crippen LogP contribution in [0.3, 0.4) is 0 Å². The molecule has 0 unspecified atom stereocenters. The number of aromatic nitrogens is 2. The molecule has 4 rings (SSSR count). The van der Waals surface area contributed by atoms with Crippen molar-refractivity contribution in [1.29, 1.82) is 0 Å². The van der Waals surface area contributed by atoms with Gasteiger partial charge in [-0.25, -0.2) is 4.98 Å². The number of methoxy groups -OCH3 is 1. The van der Waals surface area contributed by atoms with Gasteiger partial charge in [-0.2, -0.15) is 0 Å². The standard InChI is InChI=1S/C28H36N4O2S/c1-4-31(5-2)16-7-6-8-26(33)23-13-14-25-27(18-23)35-28-30-24(20-32(25)28)22-11-9-21(10-12-22)19-29-15-17-34-3/h9-14,18,20,29H,4-8,15-17,19H2,1-3H3. The summed E-state index contributed by atoms with van der Waals surface area (Å²) in [6.45, 7) is 9.95. The third-order valence-corrected chi connectivity index (χ3v) is 7.52. The van der Waals surface area contributed by atoms with Crippen molar-refractivity contribution in [2.75, 3.05) is 39.9 Å². The maximum Gasteiger partial charge on any atom is 0.195 e. The Kier molecular flexibility index (Phi) is 9.04. The van der Waals surface area contributed by atoms with Crippen LogP contribution in [-0.4, -0.2) is 60.0 Å². The van der Waals surface area contributed by atoms with Gasteiger partial charge in [0.1, 0.15) is 0 Å². The molecule has 0 amide bonds. The molecular weight excluding hydrogens is 456 g/mol. The number of imidazole rings is 1. The van der Waals surface area contributed by atoms with Crippen LogP contribution in [0.2, 0.25) is 0 Å². The first-order valence-corrected chi connectivity index (χ1v) is 13.4. The Labute approximate surface area is 211 Å². The summed E-state index contributed by atoms with van der Waals surface area (Å²) in [5.74, 6) is 0.231. The van der Waals surface area contributed by atoms with E-state index >= 15 is 0 Å². The molecule has 2 aromatic heterocycles. The number of unbranched alkanes of at least 4 members (excludes halogenated alkanes) is 1. The molecule has 7 heteroatoms. The largest absolute Gasteiger partial charge is 0.383 e. The third kappa shape index (κ3) is 6.35. The molecule has 1 N–H and O–H groups in total. The van der Waals surface area contributed by atoms with Gasteiger partial charge in [0.25, 0.3) is 0 Å². The van der Waals surface area contributed by atoms with Gasteiger partial charge in [0.2, 0.25) is 0 Å². The molecule has 35 heavy (non-hydrogen) atoms. The molecule has 0 atom stereocenters. The number of nitrogens with one attached hydrogen (secondary N) is 1. The minimum absolute atomic E-state index is 0.231. The zero-order valence-corrected chi connectivity index (χ0v) is 21.9. The Balaban J connectivity index is 1.40. The average molecular weight is 493 g/mol. The third-order valence-electron chi connectivity index (χ3n) is 6.50. The normalized spacial score (nSPS) is 11.8. The topological polar surface area (TPSA) is 58.9 Å². The maximum absolute atomic E-state index is 12.7. The molecule has 0 radical (unpaired) electrons. The molecule has 0 aliphatic rings. The molecule has 186 valence electrons. The number of carbonyl (C=O) groups excluding carboxylic acids is 1. The van der Waals surface area contributed by atoms with Gasteiger partial charge in [0.15, 0.2) is 10.7 Å². The number of hydrogen-bond donors (Lipinski definition) is 1. The number of ether oxygens (including phenoxy) is 1. The van der Waals surface area contributed by atoms with E-state index in [0.29, 0.717) is 13.0 Å². The van der Waals surface area contributed by atoms with Crippen LogP contribution >= 0.6 is 11.3 Å². The van der Waals surface area contributed by atoms with Crippen molar-refractivity contribution in [3.05, 3.63) is 59.8 Å². The molecule has 0 bridgehead atoms. The van der Waals surface area contributed by atoms with Gasteiger partial charge in [-0.1, -0.05) is 49.4 Å².